The Bertz CT molecular complexity index is 500. The maximum atomic E-state index is 11.7. The molecule has 19 heavy (non-hydrogen) atoms. The Morgan fingerprint density at radius 1 is 1.26 bits per heavy atom. The van der Waals surface area contributed by atoms with Crippen LogP contribution in [0.3, 0.4) is 0 Å². The van der Waals surface area contributed by atoms with Gasteiger partial charge in [0.2, 0.25) is 5.91 Å². The van der Waals surface area contributed by atoms with E-state index in [1.807, 2.05) is 7.05 Å². The van der Waals surface area contributed by atoms with Crippen LogP contribution in [-0.4, -0.2) is 44.5 Å². The molecule has 4 nitrogen and oxygen atoms in total. The Balaban J connectivity index is 1.87. The number of anilines is 1. The largest absolute Gasteiger partial charge is 0.315 e. The summed E-state index contributed by atoms with van der Waals surface area (Å²) in [6.07, 6.45) is 1.50. The van der Waals surface area contributed by atoms with Crippen molar-refractivity contribution in [1.82, 2.24) is 10.2 Å². The summed E-state index contributed by atoms with van der Waals surface area (Å²) in [6, 6.07) is 6.93. The molecule has 0 radical (unpaired) electrons. The predicted octanol–water partition coefficient (Wildman–Crippen LogP) is 1.17. The molecule has 3 rings (SSSR count). The van der Waals surface area contributed by atoms with Gasteiger partial charge in [-0.25, -0.2) is 0 Å². The van der Waals surface area contributed by atoms with Crippen LogP contribution < -0.4 is 10.2 Å². The van der Waals surface area contributed by atoms with E-state index in [9.17, 15) is 4.79 Å². The van der Waals surface area contributed by atoms with E-state index < -0.39 is 0 Å². The van der Waals surface area contributed by atoms with Gasteiger partial charge in [-0.2, -0.15) is 0 Å². The highest BCUT2D eigenvalue weighted by atomic mass is 16.2. The van der Waals surface area contributed by atoms with Gasteiger partial charge in [0.15, 0.2) is 0 Å². The van der Waals surface area contributed by atoms with Crippen molar-refractivity contribution in [3.63, 3.8) is 0 Å². The maximum absolute atomic E-state index is 11.7. The first-order valence-corrected chi connectivity index (χ1v) is 6.96. The van der Waals surface area contributed by atoms with Crippen molar-refractivity contribution in [3.8, 4) is 0 Å². The number of hydrogen-bond donors (Lipinski definition) is 1. The number of nitrogens with one attached hydrogen (secondary N) is 1. The summed E-state index contributed by atoms with van der Waals surface area (Å²) < 4.78 is 0. The van der Waals surface area contributed by atoms with Gasteiger partial charge in [0, 0.05) is 44.8 Å². The molecular weight excluding hydrogens is 238 g/mol. The van der Waals surface area contributed by atoms with Crippen LogP contribution in [-0.2, 0) is 11.2 Å². The Labute approximate surface area is 114 Å². The molecule has 2 aliphatic heterocycles. The monoisotopic (exact) mass is 259 g/mol. The number of likely N-dealkylation sites (N-methyl/N-ethyl adjacent to an activating group) is 1. The number of carbonyl (C=O) groups is 1. The minimum atomic E-state index is 0.218. The van der Waals surface area contributed by atoms with Gasteiger partial charge in [0.1, 0.15) is 0 Å². The molecule has 0 aromatic heterocycles. The maximum Gasteiger partial charge on any atom is 0.227 e. The van der Waals surface area contributed by atoms with E-state index >= 15 is 0 Å². The predicted molar refractivity (Wildman–Crippen MR) is 76.4 cm³/mol. The molecule has 2 heterocycles. The van der Waals surface area contributed by atoms with Crippen LogP contribution in [0.25, 0.3) is 0 Å². The van der Waals surface area contributed by atoms with Gasteiger partial charge in [-0.1, -0.05) is 12.1 Å². The lowest BCUT2D eigenvalue weighted by Crippen LogP contribution is -2.43. The fourth-order valence-electron chi connectivity index (χ4n) is 3.01. The molecule has 2 aliphatic rings. The van der Waals surface area contributed by atoms with E-state index in [-0.39, 0.29) is 5.91 Å². The second kappa shape index (κ2) is 4.94. The summed E-state index contributed by atoms with van der Waals surface area (Å²) in [5, 5.41) is 3.57. The van der Waals surface area contributed by atoms with E-state index in [2.05, 4.69) is 35.5 Å². The normalized spacial score (nSPS) is 24.4. The lowest BCUT2D eigenvalue weighted by atomic mass is 9.95. The molecule has 1 N–H and O–H groups in total. The minimum absolute atomic E-state index is 0.218. The number of amides is 1. The van der Waals surface area contributed by atoms with Gasteiger partial charge in [-0.3, -0.25) is 4.79 Å². The number of piperazine rings is 1. The number of rotatable bonds is 1. The Morgan fingerprint density at radius 3 is 2.89 bits per heavy atom. The zero-order chi connectivity index (χ0) is 13.4. The van der Waals surface area contributed by atoms with Crippen molar-refractivity contribution in [1.29, 1.82) is 0 Å². The fourth-order valence-corrected chi connectivity index (χ4v) is 3.01. The molecule has 1 aromatic carbocycles. The second-order valence-corrected chi connectivity index (χ2v) is 5.61. The van der Waals surface area contributed by atoms with Gasteiger partial charge < -0.3 is 15.1 Å². The van der Waals surface area contributed by atoms with Crippen LogP contribution >= 0.6 is 0 Å². The first-order chi connectivity index (χ1) is 9.15. The lowest BCUT2D eigenvalue weighted by molar-refractivity contribution is -0.118. The Hall–Kier alpha value is -1.39. The standard InChI is InChI=1S/C15H21N3O/c1-17-8-7-16-13(10-17)11-3-5-14-12(9-11)4-6-15(19)18(14)2/h3,5,9,13,16H,4,6-8,10H2,1-2H3. The van der Waals surface area contributed by atoms with Gasteiger partial charge in [0.05, 0.1) is 0 Å². The molecule has 4 heteroatoms. The number of hydrogen-bond acceptors (Lipinski definition) is 3. The van der Waals surface area contributed by atoms with Gasteiger partial charge >= 0.3 is 0 Å². The van der Waals surface area contributed by atoms with Crippen molar-refractivity contribution in [2.45, 2.75) is 18.9 Å². The highest BCUT2D eigenvalue weighted by molar-refractivity contribution is 5.95. The van der Waals surface area contributed by atoms with Gasteiger partial charge in [0.25, 0.3) is 0 Å². The van der Waals surface area contributed by atoms with Crippen molar-refractivity contribution in [3.05, 3.63) is 29.3 Å². The molecule has 1 atom stereocenters. The Morgan fingerprint density at radius 2 is 2.11 bits per heavy atom. The smallest absolute Gasteiger partial charge is 0.227 e. The van der Waals surface area contributed by atoms with Crippen LogP contribution in [0.15, 0.2) is 18.2 Å². The van der Waals surface area contributed by atoms with Crippen LogP contribution in [0.5, 0.6) is 0 Å². The molecule has 0 aliphatic carbocycles. The topological polar surface area (TPSA) is 35.6 Å². The highest BCUT2D eigenvalue weighted by Gasteiger charge is 2.23. The summed E-state index contributed by atoms with van der Waals surface area (Å²) in [7, 11) is 4.03. The van der Waals surface area contributed by atoms with Crippen molar-refractivity contribution in [2.24, 2.45) is 0 Å². The molecule has 1 saturated heterocycles. The van der Waals surface area contributed by atoms with E-state index in [4.69, 9.17) is 0 Å². The van der Waals surface area contributed by atoms with Crippen LogP contribution in [0.4, 0.5) is 5.69 Å². The van der Waals surface area contributed by atoms with E-state index in [0.717, 1.165) is 31.7 Å². The van der Waals surface area contributed by atoms with Crippen LogP contribution in [0.1, 0.15) is 23.6 Å². The summed E-state index contributed by atoms with van der Waals surface area (Å²) in [5.74, 6) is 0.218. The lowest BCUT2D eigenvalue weighted by Gasteiger charge is -2.32. The average molecular weight is 259 g/mol. The van der Waals surface area contributed by atoms with E-state index in [1.165, 1.54) is 11.1 Å². The fraction of sp³-hybridized carbons (Fsp3) is 0.533. The zero-order valence-corrected chi connectivity index (χ0v) is 11.6. The second-order valence-electron chi connectivity index (χ2n) is 5.61. The highest BCUT2D eigenvalue weighted by Crippen LogP contribution is 2.29. The molecule has 1 aromatic rings. The number of carbonyl (C=O) groups excluding carboxylic acids is 1. The minimum Gasteiger partial charge on any atom is -0.315 e. The molecule has 102 valence electrons. The molecule has 0 bridgehead atoms. The molecule has 1 fully saturated rings. The summed E-state index contributed by atoms with van der Waals surface area (Å²) >= 11 is 0. The molecule has 1 amide bonds. The van der Waals surface area contributed by atoms with Crippen LogP contribution in [0.2, 0.25) is 0 Å². The van der Waals surface area contributed by atoms with E-state index in [1.54, 1.807) is 4.90 Å². The number of aryl methyl sites for hydroxylation is 1. The van der Waals surface area contributed by atoms with Crippen molar-refractivity contribution < 1.29 is 4.79 Å². The molecule has 1 unspecified atom stereocenters. The average Bonchev–Trinajstić information content (AvgIpc) is 2.43. The van der Waals surface area contributed by atoms with Crippen LogP contribution in [0, 0.1) is 0 Å². The molecular formula is C15H21N3O. The quantitative estimate of drug-likeness (QED) is 0.822. The zero-order valence-electron chi connectivity index (χ0n) is 11.6. The number of nitrogens with zero attached hydrogens (tertiary/aromatic N) is 2. The third kappa shape index (κ3) is 2.38. The molecule has 0 saturated carbocycles. The third-order valence-corrected chi connectivity index (χ3v) is 4.23. The summed E-state index contributed by atoms with van der Waals surface area (Å²) in [4.78, 5) is 15.8. The number of fused-ring (bicyclic) bond motifs is 1. The first kappa shape index (κ1) is 12.6. The molecule has 0 spiro atoms. The number of benzene rings is 1. The first-order valence-electron chi connectivity index (χ1n) is 6.96. The Kier molecular flexibility index (Phi) is 3.29. The third-order valence-electron chi connectivity index (χ3n) is 4.23. The summed E-state index contributed by atoms with van der Waals surface area (Å²) in [6.45, 7) is 3.20. The van der Waals surface area contributed by atoms with Crippen molar-refractivity contribution in [2.75, 3.05) is 38.6 Å². The van der Waals surface area contributed by atoms with E-state index in [0.29, 0.717) is 12.5 Å². The van der Waals surface area contributed by atoms with Gasteiger partial charge in [-0.05, 0) is 30.7 Å². The van der Waals surface area contributed by atoms with Gasteiger partial charge in [-0.15, -0.1) is 0 Å². The van der Waals surface area contributed by atoms with Crippen molar-refractivity contribution >= 4 is 11.6 Å². The SMILES string of the molecule is CN1CCNC(c2ccc3c(c2)CCC(=O)N3C)C1. The summed E-state index contributed by atoms with van der Waals surface area (Å²) in [5.41, 5.74) is 3.71.